The van der Waals surface area contributed by atoms with E-state index in [1.165, 1.54) is 4.31 Å². The molecule has 0 amide bonds. The molecular weight excluding hydrogens is 254 g/mol. The van der Waals surface area contributed by atoms with Crippen molar-refractivity contribution in [2.45, 2.75) is 13.3 Å². The van der Waals surface area contributed by atoms with Crippen LogP contribution < -0.4 is 0 Å². The minimum atomic E-state index is -3.71. The van der Waals surface area contributed by atoms with E-state index in [4.69, 9.17) is 5.11 Å². The Morgan fingerprint density at radius 1 is 1.28 bits per heavy atom. The SMILES string of the molecule is CCN(CCc1ccccc1)S(=O)(=O)CC(=O)O. The minimum absolute atomic E-state index is 0.280. The van der Waals surface area contributed by atoms with Gasteiger partial charge in [-0.1, -0.05) is 37.3 Å². The highest BCUT2D eigenvalue weighted by Gasteiger charge is 2.23. The first-order valence-corrected chi connectivity index (χ1v) is 7.30. The van der Waals surface area contributed by atoms with Gasteiger partial charge in [-0.2, -0.15) is 0 Å². The molecule has 0 unspecified atom stereocenters. The molecule has 6 heteroatoms. The fourth-order valence-corrected chi connectivity index (χ4v) is 2.90. The van der Waals surface area contributed by atoms with Gasteiger partial charge in [0.1, 0.15) is 0 Å². The molecule has 5 nitrogen and oxygen atoms in total. The molecule has 18 heavy (non-hydrogen) atoms. The van der Waals surface area contributed by atoms with Gasteiger partial charge < -0.3 is 5.11 Å². The number of aliphatic carboxylic acids is 1. The van der Waals surface area contributed by atoms with E-state index in [0.717, 1.165) is 5.56 Å². The standard InChI is InChI=1S/C12H17NO4S/c1-2-13(18(16,17)10-12(14)15)9-8-11-6-4-3-5-7-11/h3-7H,2,8-10H2,1H3,(H,14,15). The number of nitrogens with zero attached hydrogens (tertiary/aromatic N) is 1. The van der Waals surface area contributed by atoms with Crippen LogP contribution in [-0.2, 0) is 21.2 Å². The van der Waals surface area contributed by atoms with Crippen molar-refractivity contribution in [2.24, 2.45) is 0 Å². The molecule has 0 saturated carbocycles. The monoisotopic (exact) mass is 271 g/mol. The number of carboxylic acid groups (broad SMARTS) is 1. The molecule has 0 atom stereocenters. The zero-order chi connectivity index (χ0) is 13.6. The van der Waals surface area contributed by atoms with Gasteiger partial charge in [0.05, 0.1) is 0 Å². The van der Waals surface area contributed by atoms with Crippen LogP contribution in [0, 0.1) is 0 Å². The van der Waals surface area contributed by atoms with Gasteiger partial charge in [-0.25, -0.2) is 12.7 Å². The minimum Gasteiger partial charge on any atom is -0.480 e. The van der Waals surface area contributed by atoms with Crippen molar-refractivity contribution in [2.75, 3.05) is 18.8 Å². The van der Waals surface area contributed by atoms with Gasteiger partial charge in [0.15, 0.2) is 5.75 Å². The predicted octanol–water partition coefficient (Wildman–Crippen LogP) is 0.965. The number of likely N-dealkylation sites (N-methyl/N-ethyl adjacent to an activating group) is 1. The summed E-state index contributed by atoms with van der Waals surface area (Å²) in [5.41, 5.74) is 1.03. The number of benzene rings is 1. The van der Waals surface area contributed by atoms with E-state index in [0.29, 0.717) is 13.0 Å². The Morgan fingerprint density at radius 2 is 1.89 bits per heavy atom. The summed E-state index contributed by atoms with van der Waals surface area (Å²) in [6, 6.07) is 9.49. The van der Waals surface area contributed by atoms with Crippen LogP contribution in [0.3, 0.4) is 0 Å². The van der Waals surface area contributed by atoms with Crippen LogP contribution in [0.2, 0.25) is 0 Å². The summed E-state index contributed by atoms with van der Waals surface area (Å²) in [4.78, 5) is 10.5. The van der Waals surface area contributed by atoms with E-state index in [-0.39, 0.29) is 6.54 Å². The second kappa shape index (κ2) is 6.51. The highest BCUT2D eigenvalue weighted by atomic mass is 32.2. The normalized spacial score (nSPS) is 11.7. The number of carbonyl (C=O) groups is 1. The first-order valence-electron chi connectivity index (χ1n) is 5.69. The van der Waals surface area contributed by atoms with E-state index in [9.17, 15) is 13.2 Å². The van der Waals surface area contributed by atoms with E-state index in [1.807, 2.05) is 30.3 Å². The van der Waals surface area contributed by atoms with Crippen LogP contribution in [0.4, 0.5) is 0 Å². The van der Waals surface area contributed by atoms with Gasteiger partial charge in [-0.3, -0.25) is 4.79 Å². The Morgan fingerprint density at radius 3 is 2.39 bits per heavy atom. The molecule has 0 fully saturated rings. The first kappa shape index (κ1) is 14.7. The Bertz CT molecular complexity index is 484. The molecule has 0 bridgehead atoms. The Kier molecular flexibility index (Phi) is 5.30. The molecule has 1 aromatic rings. The van der Waals surface area contributed by atoms with Gasteiger partial charge in [0.2, 0.25) is 10.0 Å². The molecule has 0 aliphatic rings. The maximum atomic E-state index is 11.7. The van der Waals surface area contributed by atoms with Crippen LogP contribution in [0.25, 0.3) is 0 Å². The first-order chi connectivity index (χ1) is 8.45. The van der Waals surface area contributed by atoms with Crippen molar-refractivity contribution in [3.05, 3.63) is 35.9 Å². The average molecular weight is 271 g/mol. The van der Waals surface area contributed by atoms with E-state index in [1.54, 1.807) is 6.92 Å². The second-order valence-corrected chi connectivity index (χ2v) is 5.85. The zero-order valence-electron chi connectivity index (χ0n) is 10.2. The molecule has 1 N–H and O–H groups in total. The van der Waals surface area contributed by atoms with Crippen molar-refractivity contribution >= 4 is 16.0 Å². The summed E-state index contributed by atoms with van der Waals surface area (Å²) < 4.78 is 24.7. The third kappa shape index (κ3) is 4.46. The van der Waals surface area contributed by atoms with E-state index in [2.05, 4.69) is 0 Å². The average Bonchev–Trinajstić information content (AvgIpc) is 2.29. The highest BCUT2D eigenvalue weighted by Crippen LogP contribution is 2.06. The molecule has 0 spiro atoms. The Hall–Kier alpha value is -1.40. The maximum Gasteiger partial charge on any atom is 0.320 e. The van der Waals surface area contributed by atoms with Crippen LogP contribution in [0.5, 0.6) is 0 Å². The maximum absolute atomic E-state index is 11.7. The van der Waals surface area contributed by atoms with Crippen molar-refractivity contribution < 1.29 is 18.3 Å². The van der Waals surface area contributed by atoms with Crippen molar-refractivity contribution in [3.63, 3.8) is 0 Å². The lowest BCUT2D eigenvalue weighted by Gasteiger charge is -2.19. The van der Waals surface area contributed by atoms with Crippen molar-refractivity contribution in [3.8, 4) is 0 Å². The quantitative estimate of drug-likeness (QED) is 0.801. The lowest BCUT2D eigenvalue weighted by Crippen LogP contribution is -2.36. The van der Waals surface area contributed by atoms with Crippen LogP contribution in [0.15, 0.2) is 30.3 Å². The fourth-order valence-electron chi connectivity index (χ4n) is 1.64. The molecule has 1 rings (SSSR count). The fraction of sp³-hybridized carbons (Fsp3) is 0.417. The summed E-state index contributed by atoms with van der Waals surface area (Å²) in [6.07, 6.45) is 0.577. The molecule has 0 aliphatic heterocycles. The summed E-state index contributed by atoms with van der Waals surface area (Å²) in [7, 11) is -3.71. The topological polar surface area (TPSA) is 74.7 Å². The third-order valence-corrected chi connectivity index (χ3v) is 4.38. The van der Waals surface area contributed by atoms with Crippen LogP contribution in [0.1, 0.15) is 12.5 Å². The van der Waals surface area contributed by atoms with Gasteiger partial charge in [-0.05, 0) is 12.0 Å². The predicted molar refractivity (Wildman–Crippen MR) is 68.8 cm³/mol. The van der Waals surface area contributed by atoms with Crippen molar-refractivity contribution in [1.82, 2.24) is 4.31 Å². The smallest absolute Gasteiger partial charge is 0.320 e. The second-order valence-electron chi connectivity index (χ2n) is 3.88. The molecule has 0 aromatic heterocycles. The summed E-state index contributed by atoms with van der Waals surface area (Å²) >= 11 is 0. The van der Waals surface area contributed by atoms with E-state index >= 15 is 0 Å². The molecular formula is C12H17NO4S. The lowest BCUT2D eigenvalue weighted by atomic mass is 10.1. The Labute approximate surface area is 107 Å². The number of sulfonamides is 1. The summed E-state index contributed by atoms with van der Waals surface area (Å²) in [6.45, 7) is 2.28. The molecule has 0 saturated heterocycles. The van der Waals surface area contributed by atoms with Gasteiger partial charge in [0, 0.05) is 13.1 Å². The molecule has 0 aliphatic carbocycles. The number of rotatable bonds is 7. The van der Waals surface area contributed by atoms with Gasteiger partial charge in [0.25, 0.3) is 0 Å². The van der Waals surface area contributed by atoms with Gasteiger partial charge in [-0.15, -0.1) is 0 Å². The summed E-state index contributed by atoms with van der Waals surface area (Å²) in [5, 5.41) is 8.57. The molecule has 0 heterocycles. The number of hydrogen-bond acceptors (Lipinski definition) is 3. The zero-order valence-corrected chi connectivity index (χ0v) is 11.1. The largest absolute Gasteiger partial charge is 0.480 e. The molecule has 100 valence electrons. The lowest BCUT2D eigenvalue weighted by molar-refractivity contribution is -0.134. The third-order valence-electron chi connectivity index (χ3n) is 2.54. The highest BCUT2D eigenvalue weighted by molar-refractivity contribution is 7.89. The molecule has 1 aromatic carbocycles. The van der Waals surface area contributed by atoms with Crippen LogP contribution >= 0.6 is 0 Å². The number of hydrogen-bond donors (Lipinski definition) is 1. The molecule has 0 radical (unpaired) electrons. The van der Waals surface area contributed by atoms with E-state index < -0.39 is 21.7 Å². The number of carboxylic acids is 1. The van der Waals surface area contributed by atoms with Crippen molar-refractivity contribution in [1.29, 1.82) is 0 Å². The summed E-state index contributed by atoms with van der Waals surface area (Å²) in [5.74, 6) is -2.18. The van der Waals surface area contributed by atoms with Crippen LogP contribution in [-0.4, -0.2) is 42.6 Å². The Balaban J connectivity index is 2.65. The van der Waals surface area contributed by atoms with Gasteiger partial charge >= 0.3 is 5.97 Å².